The van der Waals surface area contributed by atoms with E-state index < -0.39 is 5.41 Å². The Morgan fingerprint density at radius 1 is 0.659 bits per heavy atom. The minimum atomic E-state index is -0.458. The number of fused-ring (bicyclic) bond motifs is 6. The van der Waals surface area contributed by atoms with Gasteiger partial charge in [-0.05, 0) is 94.3 Å². The van der Waals surface area contributed by atoms with Crippen molar-refractivity contribution in [1.29, 1.82) is 0 Å². The van der Waals surface area contributed by atoms with Crippen LogP contribution in [-0.4, -0.2) is 19.9 Å². The molecule has 6 heteroatoms. The summed E-state index contributed by atoms with van der Waals surface area (Å²) in [5.74, 6) is 0. The van der Waals surface area contributed by atoms with E-state index in [4.69, 9.17) is 19.4 Å². The number of hydrogen-bond donors (Lipinski definition) is 0. The second-order valence-electron chi connectivity index (χ2n) is 12.2. The summed E-state index contributed by atoms with van der Waals surface area (Å²) < 4.78 is 7.55. The molecule has 0 unspecified atom stereocenters. The van der Waals surface area contributed by atoms with E-state index in [0.717, 1.165) is 71.9 Å². The van der Waals surface area contributed by atoms with Crippen molar-refractivity contribution in [3.63, 3.8) is 0 Å². The van der Waals surface area contributed by atoms with Crippen LogP contribution < -0.4 is 0 Å². The third-order valence-corrected chi connectivity index (χ3v) is 9.72. The summed E-state index contributed by atoms with van der Waals surface area (Å²) in [6.07, 6.45) is 3.62. The topological polar surface area (TPSA) is 64.7 Å². The van der Waals surface area contributed by atoms with Crippen molar-refractivity contribution in [2.24, 2.45) is 0 Å². The molecule has 8 aromatic rings. The summed E-state index contributed by atoms with van der Waals surface area (Å²) in [5, 5.41) is 4.46. The van der Waals surface area contributed by atoms with E-state index in [1.165, 1.54) is 21.0 Å². The van der Waals surface area contributed by atoms with E-state index in [1.54, 1.807) is 17.5 Å². The van der Waals surface area contributed by atoms with E-state index in [9.17, 15) is 0 Å². The number of aryl methyl sites for hydroxylation is 3. The molecule has 214 valence electrons. The largest absolute Gasteiger partial charge is 0.455 e. The molecule has 6 aromatic heterocycles. The molecule has 44 heavy (non-hydrogen) atoms. The first-order valence-electron chi connectivity index (χ1n) is 14.8. The SMILES string of the molecule is Cc1cc(-c2cccc3c2oc2ccncc23)nc(C(C)(C)c2cc(C)cc(-c3cccc4c3sc3nc(C)ccc34)n2)c1. The highest BCUT2D eigenvalue weighted by atomic mass is 32.1. The van der Waals surface area contributed by atoms with Crippen molar-refractivity contribution in [1.82, 2.24) is 19.9 Å². The standard InChI is InChI=1S/C38H30N4OS/c1-21-16-30(27-10-6-8-24-29-20-39-15-14-32(29)43-35(24)27)41-33(18-21)38(4,5)34-19-22(2)17-31(42-34)28-11-7-9-25-26-13-12-23(3)40-37(26)44-36(25)28/h6-20H,1-5H3. The van der Waals surface area contributed by atoms with Crippen LogP contribution in [0.1, 0.15) is 42.1 Å². The Labute approximate surface area is 259 Å². The average Bonchev–Trinajstić information content (AvgIpc) is 3.58. The van der Waals surface area contributed by atoms with E-state index in [2.05, 4.69) is 105 Å². The fraction of sp³-hybridized carbons (Fsp3) is 0.158. The Hall–Kier alpha value is -4.94. The van der Waals surface area contributed by atoms with E-state index >= 15 is 0 Å². The molecule has 0 aliphatic heterocycles. The minimum Gasteiger partial charge on any atom is -0.455 e. The fourth-order valence-electron chi connectivity index (χ4n) is 6.20. The number of rotatable bonds is 4. The van der Waals surface area contributed by atoms with Crippen molar-refractivity contribution < 1.29 is 4.42 Å². The lowest BCUT2D eigenvalue weighted by Crippen LogP contribution is -2.23. The van der Waals surface area contributed by atoms with Crippen LogP contribution in [-0.2, 0) is 5.41 Å². The molecule has 0 saturated carbocycles. The molecular weight excluding hydrogens is 561 g/mol. The highest BCUT2D eigenvalue weighted by Gasteiger charge is 2.29. The molecule has 0 fully saturated rings. The van der Waals surface area contributed by atoms with E-state index in [-0.39, 0.29) is 0 Å². The lowest BCUT2D eigenvalue weighted by molar-refractivity contribution is 0.595. The maximum atomic E-state index is 6.34. The first-order valence-corrected chi connectivity index (χ1v) is 15.6. The average molecular weight is 591 g/mol. The zero-order valence-electron chi connectivity index (χ0n) is 25.3. The Bertz CT molecular complexity index is 2420. The normalized spacial score (nSPS) is 12.2. The van der Waals surface area contributed by atoms with Gasteiger partial charge in [-0.3, -0.25) is 15.0 Å². The molecule has 5 nitrogen and oxygen atoms in total. The molecule has 0 atom stereocenters. The van der Waals surface area contributed by atoms with Crippen LogP contribution >= 0.6 is 11.3 Å². The molecule has 2 aromatic carbocycles. The van der Waals surface area contributed by atoms with Gasteiger partial charge in [0.2, 0.25) is 0 Å². The molecule has 0 N–H and O–H groups in total. The number of pyridine rings is 4. The molecule has 0 saturated heterocycles. The van der Waals surface area contributed by atoms with Gasteiger partial charge in [0.15, 0.2) is 0 Å². The van der Waals surface area contributed by atoms with Crippen LogP contribution in [0.4, 0.5) is 0 Å². The van der Waals surface area contributed by atoms with Crippen LogP contribution in [0.3, 0.4) is 0 Å². The summed E-state index contributed by atoms with van der Waals surface area (Å²) in [6, 6.07) is 27.6. The summed E-state index contributed by atoms with van der Waals surface area (Å²) >= 11 is 1.74. The second kappa shape index (κ2) is 9.79. The van der Waals surface area contributed by atoms with Gasteiger partial charge in [0.05, 0.1) is 22.8 Å². The number of hydrogen-bond acceptors (Lipinski definition) is 6. The molecule has 0 aliphatic rings. The van der Waals surface area contributed by atoms with Crippen LogP contribution in [0.25, 0.3) is 64.8 Å². The van der Waals surface area contributed by atoms with Crippen LogP contribution in [0.2, 0.25) is 0 Å². The lowest BCUT2D eigenvalue weighted by atomic mass is 9.83. The molecule has 0 amide bonds. The van der Waals surface area contributed by atoms with Gasteiger partial charge in [-0.1, -0.05) is 30.3 Å². The third kappa shape index (κ3) is 4.20. The fourth-order valence-corrected chi connectivity index (χ4v) is 7.44. The van der Waals surface area contributed by atoms with Crippen molar-refractivity contribution in [2.75, 3.05) is 0 Å². The maximum absolute atomic E-state index is 6.34. The van der Waals surface area contributed by atoms with Gasteiger partial charge in [0.1, 0.15) is 16.0 Å². The Morgan fingerprint density at radius 3 is 2.09 bits per heavy atom. The van der Waals surface area contributed by atoms with Crippen LogP contribution in [0, 0.1) is 20.8 Å². The molecule has 0 bridgehead atoms. The van der Waals surface area contributed by atoms with Gasteiger partial charge in [-0.15, -0.1) is 11.3 Å². The Morgan fingerprint density at radius 2 is 1.34 bits per heavy atom. The molecular formula is C38H30N4OS. The van der Waals surface area contributed by atoms with Gasteiger partial charge in [-0.25, -0.2) is 4.98 Å². The molecule has 0 aliphatic carbocycles. The Balaban J connectivity index is 1.26. The van der Waals surface area contributed by atoms with Gasteiger partial charge >= 0.3 is 0 Å². The Kier molecular flexibility index (Phi) is 5.94. The number of nitrogens with zero attached hydrogens (tertiary/aromatic N) is 4. The molecule has 0 spiro atoms. The van der Waals surface area contributed by atoms with Crippen LogP contribution in [0.15, 0.2) is 95.7 Å². The monoisotopic (exact) mass is 590 g/mol. The summed E-state index contributed by atoms with van der Waals surface area (Å²) in [6.45, 7) is 10.7. The summed E-state index contributed by atoms with van der Waals surface area (Å²) in [5.41, 5.74) is 10.4. The van der Waals surface area contributed by atoms with E-state index in [1.807, 2.05) is 19.2 Å². The smallest absolute Gasteiger partial charge is 0.144 e. The predicted molar refractivity (Wildman–Crippen MR) is 181 cm³/mol. The second-order valence-corrected chi connectivity index (χ2v) is 13.2. The maximum Gasteiger partial charge on any atom is 0.144 e. The van der Waals surface area contributed by atoms with Crippen molar-refractivity contribution in [3.05, 3.63) is 119 Å². The number of benzene rings is 2. The van der Waals surface area contributed by atoms with Crippen LogP contribution in [0.5, 0.6) is 0 Å². The number of aromatic nitrogens is 4. The quantitative estimate of drug-likeness (QED) is 0.204. The first kappa shape index (κ1) is 26.7. The van der Waals surface area contributed by atoms with E-state index in [0.29, 0.717) is 0 Å². The zero-order chi connectivity index (χ0) is 30.2. The summed E-state index contributed by atoms with van der Waals surface area (Å²) in [4.78, 5) is 20.8. The highest BCUT2D eigenvalue weighted by molar-refractivity contribution is 7.26. The van der Waals surface area contributed by atoms with Gasteiger partial charge in [-0.2, -0.15) is 0 Å². The molecule has 8 rings (SSSR count). The minimum absolute atomic E-state index is 0.458. The zero-order valence-corrected chi connectivity index (χ0v) is 26.1. The van der Waals surface area contributed by atoms with Gasteiger partial charge in [0, 0.05) is 60.9 Å². The third-order valence-electron chi connectivity index (χ3n) is 8.57. The predicted octanol–water partition coefficient (Wildman–Crippen LogP) is 10.1. The van der Waals surface area contributed by atoms with Crippen molar-refractivity contribution in [3.8, 4) is 22.5 Å². The lowest BCUT2D eigenvalue weighted by Gasteiger charge is -2.26. The van der Waals surface area contributed by atoms with Gasteiger partial charge < -0.3 is 4.42 Å². The first-order chi connectivity index (χ1) is 21.3. The van der Waals surface area contributed by atoms with Gasteiger partial charge in [0.25, 0.3) is 0 Å². The highest BCUT2D eigenvalue weighted by Crippen LogP contribution is 2.41. The summed E-state index contributed by atoms with van der Waals surface area (Å²) in [7, 11) is 0. The molecule has 6 heterocycles. The molecule has 0 radical (unpaired) electrons. The number of furan rings is 1. The number of para-hydroxylation sites is 1. The van der Waals surface area contributed by atoms with Crippen molar-refractivity contribution in [2.45, 2.75) is 40.0 Å². The number of thiophene rings is 1. The van der Waals surface area contributed by atoms with Crippen molar-refractivity contribution >= 4 is 53.6 Å².